The highest BCUT2D eigenvalue weighted by atomic mass is 79.9. The average Bonchev–Trinajstić information content (AvgIpc) is 0.858. The molecule has 532 valence electrons. The van der Waals surface area contributed by atoms with Crippen LogP contribution < -0.4 is 104 Å². The summed E-state index contributed by atoms with van der Waals surface area (Å²) in [5.74, 6) is -10.6. The molecule has 34 nitrogen and oxygen atoms in total. The molecule has 0 bridgehead atoms. The number of benzene rings is 1. The molecule has 12 amide bonds. The Bertz CT molecular complexity index is 2820. The van der Waals surface area contributed by atoms with Crippen molar-refractivity contribution in [3.8, 4) is 0 Å². The van der Waals surface area contributed by atoms with Crippen LogP contribution >= 0.6 is 15.9 Å². The highest BCUT2D eigenvalue weighted by Crippen LogP contribution is 2.20. The van der Waals surface area contributed by atoms with E-state index in [0.29, 0.717) is 12.0 Å². The average molecular weight is 1400 g/mol. The number of amides is 12. The Labute approximate surface area is 562 Å². The van der Waals surface area contributed by atoms with Crippen molar-refractivity contribution in [2.24, 2.45) is 51.7 Å². The molecular formula is C60H103BrN22O12. The minimum Gasteiger partial charge on any atom is -0.370 e. The Hall–Kier alpha value is -8.89. The minimum atomic E-state index is -1.76. The highest BCUT2D eigenvalue weighted by Gasteiger charge is 2.39. The number of carbonyl (C=O) groups excluding carboxylic acids is 12. The van der Waals surface area contributed by atoms with E-state index in [4.69, 9.17) is 50.6 Å². The van der Waals surface area contributed by atoms with Crippen molar-refractivity contribution in [1.29, 1.82) is 16.2 Å². The van der Waals surface area contributed by atoms with Crippen molar-refractivity contribution >= 4 is 105 Å². The van der Waals surface area contributed by atoms with E-state index in [1.54, 1.807) is 24.3 Å². The van der Waals surface area contributed by atoms with E-state index in [0.717, 1.165) is 30.4 Å². The van der Waals surface area contributed by atoms with Gasteiger partial charge in [-0.1, -0.05) is 41.9 Å². The Morgan fingerprint density at radius 1 is 0.516 bits per heavy atom. The molecule has 0 aliphatic carbocycles. The van der Waals surface area contributed by atoms with Crippen LogP contribution in [0.4, 0.5) is 0 Å². The predicted molar refractivity (Wildman–Crippen MR) is 358 cm³/mol. The molecule has 0 saturated carbocycles. The van der Waals surface area contributed by atoms with Gasteiger partial charge in [-0.25, -0.2) is 0 Å². The molecule has 1 heterocycles. The number of carbonyl (C=O) groups is 12. The lowest BCUT2D eigenvalue weighted by Crippen LogP contribution is -2.63. The molecule has 1 aliphatic heterocycles. The van der Waals surface area contributed by atoms with Gasteiger partial charge in [0.1, 0.15) is 53.2 Å². The van der Waals surface area contributed by atoms with Gasteiger partial charge in [0.05, 0.1) is 0 Å². The van der Waals surface area contributed by atoms with E-state index in [-0.39, 0.29) is 133 Å². The molecule has 0 radical (unpaired) electrons. The third-order valence-corrected chi connectivity index (χ3v) is 16.0. The first-order valence-corrected chi connectivity index (χ1v) is 32.6. The third kappa shape index (κ3) is 32.7. The summed E-state index contributed by atoms with van der Waals surface area (Å²) in [5, 5.41) is 57.6. The monoisotopic (exact) mass is 1400 g/mol. The van der Waals surface area contributed by atoms with Crippen molar-refractivity contribution in [3.05, 3.63) is 34.3 Å². The molecule has 1 saturated heterocycles. The van der Waals surface area contributed by atoms with Crippen LogP contribution in [0.2, 0.25) is 0 Å². The van der Waals surface area contributed by atoms with Crippen LogP contribution in [0.5, 0.6) is 0 Å². The summed E-state index contributed by atoms with van der Waals surface area (Å²) >= 11 is 3.40. The number of nitrogens with two attached hydrogens (primary N) is 6. The fourth-order valence-electron chi connectivity index (χ4n) is 9.76. The summed E-state index contributed by atoms with van der Waals surface area (Å²) in [6.45, 7) is 10.8. The van der Waals surface area contributed by atoms with E-state index in [9.17, 15) is 57.5 Å². The van der Waals surface area contributed by atoms with Crippen molar-refractivity contribution in [2.45, 2.75) is 192 Å². The van der Waals surface area contributed by atoms with E-state index < -0.39 is 131 Å². The van der Waals surface area contributed by atoms with Gasteiger partial charge in [0, 0.05) is 49.9 Å². The number of hydrogen-bond donors (Lipinski definition) is 22. The summed E-state index contributed by atoms with van der Waals surface area (Å²) in [4.78, 5) is 162. The largest absolute Gasteiger partial charge is 0.370 e. The van der Waals surface area contributed by atoms with Crippen LogP contribution in [-0.4, -0.2) is 176 Å². The first-order chi connectivity index (χ1) is 44.5. The summed E-state index contributed by atoms with van der Waals surface area (Å²) in [6.07, 6.45) is 1.90. The molecule has 35 heteroatoms. The number of hydrogen-bond acceptors (Lipinski definition) is 16. The van der Waals surface area contributed by atoms with Crippen molar-refractivity contribution in [2.75, 3.05) is 39.3 Å². The van der Waals surface area contributed by atoms with Crippen LogP contribution in [0.15, 0.2) is 28.7 Å². The first kappa shape index (κ1) is 82.2. The molecular weight excluding hydrogens is 1300 g/mol. The minimum absolute atomic E-state index is 0.00589. The van der Waals surface area contributed by atoms with E-state index >= 15 is 0 Å². The number of guanidine groups is 3. The Morgan fingerprint density at radius 2 is 0.958 bits per heavy atom. The molecule has 2 rings (SSSR count). The SMILES string of the molecule is CC(C)C[C@H](NC(=O)[C@H](CCCNC(=N)N)NC(=O)CCCCNC(=O)[C@@H](CCCNC(=N)N)NC(=O)[C@H](CCC(N)=O)NC(=O)[C@@H](CCCNC(=N)N)NC(=O)C(C)(C)C(N)=O)C(=O)NC(C)(C)C(=O)N[C@@H](Cc1ccc(Br)cc1)C(=O)N[C@@H](CC1CCNCC1)C(N)=O. The van der Waals surface area contributed by atoms with E-state index in [1.165, 1.54) is 27.7 Å². The molecule has 0 spiro atoms. The van der Waals surface area contributed by atoms with Gasteiger partial charge < -0.3 is 104 Å². The number of rotatable bonds is 44. The van der Waals surface area contributed by atoms with Crippen LogP contribution in [0, 0.1) is 33.5 Å². The molecule has 28 N–H and O–H groups in total. The number of nitrogens with one attached hydrogen (secondary N) is 16. The maximum atomic E-state index is 14.3. The highest BCUT2D eigenvalue weighted by molar-refractivity contribution is 9.10. The Balaban J connectivity index is 2.27. The third-order valence-electron chi connectivity index (χ3n) is 15.5. The lowest BCUT2D eigenvalue weighted by atomic mass is 9.90. The molecule has 1 aromatic carbocycles. The zero-order valence-corrected chi connectivity index (χ0v) is 56.9. The predicted octanol–water partition coefficient (Wildman–Crippen LogP) is -3.95. The molecule has 95 heavy (non-hydrogen) atoms. The van der Waals surface area contributed by atoms with E-state index in [1.807, 2.05) is 13.8 Å². The lowest BCUT2D eigenvalue weighted by Gasteiger charge is -2.31. The van der Waals surface area contributed by atoms with Crippen LogP contribution in [-0.2, 0) is 64.0 Å². The fourth-order valence-corrected chi connectivity index (χ4v) is 10.0. The van der Waals surface area contributed by atoms with Gasteiger partial charge in [0.15, 0.2) is 17.9 Å². The molecule has 7 atom stereocenters. The van der Waals surface area contributed by atoms with Gasteiger partial charge in [-0.15, -0.1) is 0 Å². The van der Waals surface area contributed by atoms with Crippen molar-refractivity contribution in [1.82, 2.24) is 69.1 Å². The number of halogens is 1. The summed E-state index contributed by atoms with van der Waals surface area (Å²) in [6, 6.07) is -1.81. The molecule has 1 aliphatic rings. The quantitative estimate of drug-likeness (QED) is 0.0128. The van der Waals surface area contributed by atoms with Crippen molar-refractivity contribution < 1.29 is 57.5 Å². The zero-order valence-electron chi connectivity index (χ0n) is 55.3. The lowest BCUT2D eigenvalue weighted by molar-refractivity contribution is -0.142. The number of piperidine rings is 1. The molecule has 1 fully saturated rings. The number of primary amides is 3. The van der Waals surface area contributed by atoms with Gasteiger partial charge in [0.25, 0.3) is 0 Å². The second kappa shape index (κ2) is 41.7. The van der Waals surface area contributed by atoms with Crippen LogP contribution in [0.3, 0.4) is 0 Å². The van der Waals surface area contributed by atoms with Gasteiger partial charge >= 0.3 is 0 Å². The van der Waals surface area contributed by atoms with Gasteiger partial charge in [-0.05, 0) is 154 Å². The maximum absolute atomic E-state index is 14.3. The number of unbranched alkanes of at least 4 members (excludes halogenated alkanes) is 1. The summed E-state index contributed by atoms with van der Waals surface area (Å²) in [7, 11) is 0. The van der Waals surface area contributed by atoms with E-state index in [2.05, 4.69) is 85.0 Å². The maximum Gasteiger partial charge on any atom is 0.245 e. The van der Waals surface area contributed by atoms with Gasteiger partial charge in [-0.2, -0.15) is 0 Å². The smallest absolute Gasteiger partial charge is 0.245 e. The second-order valence-electron chi connectivity index (χ2n) is 25.0. The van der Waals surface area contributed by atoms with Crippen molar-refractivity contribution in [3.63, 3.8) is 0 Å². The second-order valence-corrected chi connectivity index (χ2v) is 25.9. The molecule has 0 aromatic heterocycles. The topological polar surface area (TPSA) is 589 Å². The zero-order chi connectivity index (χ0) is 71.6. The standard InChI is InChI=1S/C60H103BrN22O12/c1-33(2)30-42(52(92)83-60(5,6)55(95)82-43(32-34-16-18-36(61)19-17-34)51(91)79-41(46(63)86)31-35-22-28-71-29-23-35)80-48(88)38(13-10-26-74-57(67)68)76-45(85)15-7-8-24-72-47(87)37(12-9-25-73-56(65)66)77-50(90)40(20-21-44(62)84)78-49(89)39(14-11-27-75-58(69)70)81-54(94)59(3,4)53(64)93/h16-19,33,35,37-43,71H,7-15,20-32H2,1-6H3,(H2,62,84)(H2,63,86)(H2,64,93)(H,72,87)(H,76,85)(H,77,90)(H,78,89)(H,79,91)(H,80,88)(H,81,94)(H,82,95)(H,83,92)(H4,65,66,73)(H4,67,68,74)(H4,69,70,75)/t37-,38+,39-,40+,41+,42+,43+/m1/s1. The fraction of sp³-hybridized carbons (Fsp3) is 0.650. The first-order valence-electron chi connectivity index (χ1n) is 31.8. The van der Waals surface area contributed by atoms with Crippen LogP contribution in [0.1, 0.15) is 143 Å². The Morgan fingerprint density at radius 3 is 1.43 bits per heavy atom. The molecule has 1 aromatic rings. The summed E-state index contributed by atoms with van der Waals surface area (Å²) in [5.41, 5.74) is 30.1. The van der Waals surface area contributed by atoms with Gasteiger partial charge in [0.2, 0.25) is 70.9 Å². The summed E-state index contributed by atoms with van der Waals surface area (Å²) < 4.78 is 0.777. The Kier molecular flexibility index (Phi) is 36.1. The van der Waals surface area contributed by atoms with Crippen LogP contribution in [0.25, 0.3) is 0 Å². The molecule has 0 unspecified atom stereocenters. The normalized spacial score (nSPS) is 14.6. The van der Waals surface area contributed by atoms with Gasteiger partial charge in [-0.3, -0.25) is 73.8 Å².